The van der Waals surface area contributed by atoms with Gasteiger partial charge in [-0.3, -0.25) is 0 Å². The normalized spacial score (nSPS) is 24.0. The van der Waals surface area contributed by atoms with E-state index in [2.05, 4.69) is 0 Å². The van der Waals surface area contributed by atoms with Crippen molar-refractivity contribution in [2.24, 2.45) is 0 Å². The molecule has 0 aromatic heterocycles. The molecule has 0 radical (unpaired) electrons. The fourth-order valence-electron chi connectivity index (χ4n) is 2.96. The van der Waals surface area contributed by atoms with Gasteiger partial charge in [0.2, 0.25) is 0 Å². The SMILES string of the molecule is COc1cc(C(=O)OCC2OC(O)CC(O)C2O)ccc1OCc1ccccc1. The number of carbonyl (C=O) groups is 1. The lowest BCUT2D eigenvalue weighted by molar-refractivity contribution is -0.239. The molecule has 29 heavy (non-hydrogen) atoms. The molecule has 1 saturated heterocycles. The van der Waals surface area contributed by atoms with Gasteiger partial charge in [0.25, 0.3) is 0 Å². The highest BCUT2D eigenvalue weighted by molar-refractivity contribution is 5.90. The predicted molar refractivity (Wildman–Crippen MR) is 102 cm³/mol. The Labute approximate surface area is 168 Å². The molecule has 1 fully saturated rings. The van der Waals surface area contributed by atoms with Crippen molar-refractivity contribution in [1.82, 2.24) is 0 Å². The maximum Gasteiger partial charge on any atom is 0.338 e. The minimum Gasteiger partial charge on any atom is -0.493 e. The van der Waals surface area contributed by atoms with Crippen LogP contribution in [0, 0.1) is 0 Å². The van der Waals surface area contributed by atoms with Gasteiger partial charge in [0, 0.05) is 6.42 Å². The number of aliphatic hydroxyl groups is 3. The van der Waals surface area contributed by atoms with Crippen molar-refractivity contribution < 1.29 is 39.1 Å². The van der Waals surface area contributed by atoms with Gasteiger partial charge >= 0.3 is 5.97 Å². The Morgan fingerprint density at radius 1 is 1.10 bits per heavy atom. The predicted octanol–water partition coefficient (Wildman–Crippen LogP) is 1.26. The Morgan fingerprint density at radius 2 is 1.86 bits per heavy atom. The van der Waals surface area contributed by atoms with Crippen molar-refractivity contribution in [3.8, 4) is 11.5 Å². The summed E-state index contributed by atoms with van der Waals surface area (Å²) >= 11 is 0. The molecule has 1 heterocycles. The van der Waals surface area contributed by atoms with Gasteiger partial charge in [-0.25, -0.2) is 4.79 Å². The largest absolute Gasteiger partial charge is 0.493 e. The van der Waals surface area contributed by atoms with Gasteiger partial charge in [-0.05, 0) is 23.8 Å². The average Bonchev–Trinajstić information content (AvgIpc) is 2.74. The molecule has 2 aromatic rings. The minimum atomic E-state index is -1.26. The third-order valence-electron chi connectivity index (χ3n) is 4.57. The number of methoxy groups -OCH3 is 1. The molecule has 3 rings (SSSR count). The molecule has 4 unspecified atom stereocenters. The number of rotatable bonds is 7. The van der Waals surface area contributed by atoms with Crippen LogP contribution in [-0.4, -0.2) is 59.6 Å². The number of hydrogen-bond donors (Lipinski definition) is 3. The standard InChI is InChI=1S/C21H24O8/c1-26-17-9-14(7-8-16(17)27-11-13-5-3-2-4-6-13)21(25)28-12-18-20(24)15(22)10-19(23)29-18/h2-9,15,18-20,22-24H,10-12H2,1H3. The fraction of sp³-hybridized carbons (Fsp3) is 0.381. The molecule has 0 saturated carbocycles. The smallest absolute Gasteiger partial charge is 0.338 e. The van der Waals surface area contributed by atoms with E-state index in [1.807, 2.05) is 30.3 Å². The van der Waals surface area contributed by atoms with Crippen molar-refractivity contribution in [3.05, 3.63) is 59.7 Å². The zero-order chi connectivity index (χ0) is 20.8. The highest BCUT2D eigenvalue weighted by Crippen LogP contribution is 2.29. The summed E-state index contributed by atoms with van der Waals surface area (Å²) in [5.74, 6) is 0.184. The summed E-state index contributed by atoms with van der Waals surface area (Å²) in [4.78, 5) is 12.3. The third kappa shape index (κ3) is 5.45. The van der Waals surface area contributed by atoms with Crippen molar-refractivity contribution in [2.45, 2.75) is 37.6 Å². The van der Waals surface area contributed by atoms with Crippen molar-refractivity contribution >= 4 is 5.97 Å². The zero-order valence-corrected chi connectivity index (χ0v) is 15.9. The Hall–Kier alpha value is -2.65. The van der Waals surface area contributed by atoms with E-state index in [4.69, 9.17) is 18.9 Å². The first-order chi connectivity index (χ1) is 14.0. The first-order valence-corrected chi connectivity index (χ1v) is 9.19. The fourth-order valence-corrected chi connectivity index (χ4v) is 2.96. The van der Waals surface area contributed by atoms with E-state index in [1.165, 1.54) is 19.2 Å². The lowest BCUT2D eigenvalue weighted by Crippen LogP contribution is -2.50. The molecule has 3 N–H and O–H groups in total. The van der Waals surface area contributed by atoms with Crippen LogP contribution in [0.15, 0.2) is 48.5 Å². The van der Waals surface area contributed by atoms with Gasteiger partial charge in [-0.1, -0.05) is 30.3 Å². The van der Waals surface area contributed by atoms with E-state index in [9.17, 15) is 20.1 Å². The Kier molecular flexibility index (Phi) is 7.05. The Bertz CT molecular complexity index is 810. The molecule has 8 nitrogen and oxygen atoms in total. The van der Waals surface area contributed by atoms with Crippen molar-refractivity contribution in [1.29, 1.82) is 0 Å². The van der Waals surface area contributed by atoms with Crippen molar-refractivity contribution in [3.63, 3.8) is 0 Å². The molecule has 1 aliphatic heterocycles. The highest BCUT2D eigenvalue weighted by atomic mass is 16.6. The van der Waals surface area contributed by atoms with Crippen molar-refractivity contribution in [2.75, 3.05) is 13.7 Å². The number of benzene rings is 2. The lowest BCUT2D eigenvalue weighted by Gasteiger charge is -2.34. The molecule has 4 atom stereocenters. The summed E-state index contributed by atoms with van der Waals surface area (Å²) in [6, 6.07) is 14.3. The Balaban J connectivity index is 1.60. The summed E-state index contributed by atoms with van der Waals surface area (Å²) in [6.07, 6.45) is -4.75. The molecule has 0 bridgehead atoms. The van der Waals surface area contributed by atoms with Gasteiger partial charge in [-0.15, -0.1) is 0 Å². The molecule has 0 spiro atoms. The third-order valence-corrected chi connectivity index (χ3v) is 4.57. The summed E-state index contributed by atoms with van der Waals surface area (Å²) in [5, 5.41) is 29.1. The summed E-state index contributed by atoms with van der Waals surface area (Å²) in [6.45, 7) is 0.0330. The van der Waals surface area contributed by atoms with Crippen LogP contribution in [0.3, 0.4) is 0 Å². The molecule has 156 valence electrons. The highest BCUT2D eigenvalue weighted by Gasteiger charge is 2.36. The van der Waals surface area contributed by atoms with E-state index >= 15 is 0 Å². The number of carbonyl (C=O) groups excluding carboxylic acids is 1. The van der Waals surface area contributed by atoms with E-state index in [-0.39, 0.29) is 18.6 Å². The second-order valence-electron chi connectivity index (χ2n) is 6.66. The number of hydrogen-bond acceptors (Lipinski definition) is 8. The number of esters is 1. The van der Waals surface area contributed by atoms with Gasteiger partial charge in [0.15, 0.2) is 17.8 Å². The van der Waals surface area contributed by atoms with Crippen LogP contribution in [-0.2, 0) is 16.1 Å². The first kappa shape index (κ1) is 21.1. The number of aliphatic hydroxyl groups excluding tert-OH is 3. The van der Waals surface area contributed by atoms with Crippen LogP contribution in [0.25, 0.3) is 0 Å². The maximum atomic E-state index is 12.3. The van der Waals surface area contributed by atoms with E-state index in [1.54, 1.807) is 6.07 Å². The molecule has 8 heteroatoms. The summed E-state index contributed by atoms with van der Waals surface area (Å²) in [5.41, 5.74) is 1.22. The van der Waals surface area contributed by atoms with E-state index in [0.717, 1.165) is 5.56 Å². The van der Waals surface area contributed by atoms with Gasteiger partial charge in [-0.2, -0.15) is 0 Å². The summed E-state index contributed by atoms with van der Waals surface area (Å²) in [7, 11) is 1.47. The summed E-state index contributed by atoms with van der Waals surface area (Å²) < 4.78 is 21.3. The van der Waals surface area contributed by atoms with E-state index in [0.29, 0.717) is 18.1 Å². The molecular formula is C21H24O8. The van der Waals surface area contributed by atoms with E-state index < -0.39 is 30.6 Å². The Morgan fingerprint density at radius 3 is 2.59 bits per heavy atom. The monoisotopic (exact) mass is 404 g/mol. The second-order valence-corrected chi connectivity index (χ2v) is 6.66. The van der Waals surface area contributed by atoms with Crippen LogP contribution in [0.4, 0.5) is 0 Å². The topological polar surface area (TPSA) is 115 Å². The minimum absolute atomic E-state index is 0.104. The molecule has 2 aromatic carbocycles. The van der Waals surface area contributed by atoms with Gasteiger partial charge in [0.1, 0.15) is 25.4 Å². The van der Waals surface area contributed by atoms with Crippen LogP contribution in [0.5, 0.6) is 11.5 Å². The number of ether oxygens (including phenoxy) is 4. The lowest BCUT2D eigenvalue weighted by atomic mass is 10.0. The molecule has 0 aliphatic carbocycles. The molecule has 1 aliphatic rings. The average molecular weight is 404 g/mol. The van der Waals surface area contributed by atoms with Gasteiger partial charge < -0.3 is 34.3 Å². The first-order valence-electron chi connectivity index (χ1n) is 9.19. The molecular weight excluding hydrogens is 380 g/mol. The van der Waals surface area contributed by atoms with Crippen LogP contribution < -0.4 is 9.47 Å². The molecule has 0 amide bonds. The van der Waals surface area contributed by atoms with Crippen LogP contribution >= 0.6 is 0 Å². The second kappa shape index (κ2) is 9.71. The van der Waals surface area contributed by atoms with Crippen LogP contribution in [0.2, 0.25) is 0 Å². The quantitative estimate of drug-likeness (QED) is 0.591. The van der Waals surface area contributed by atoms with Crippen LogP contribution in [0.1, 0.15) is 22.3 Å². The van der Waals surface area contributed by atoms with Gasteiger partial charge in [0.05, 0.1) is 18.8 Å². The maximum absolute atomic E-state index is 12.3. The zero-order valence-electron chi connectivity index (χ0n) is 15.9.